The van der Waals surface area contributed by atoms with Gasteiger partial charge in [0.15, 0.2) is 0 Å². The lowest BCUT2D eigenvalue weighted by Crippen LogP contribution is -2.04. The molecule has 0 aliphatic rings. The predicted octanol–water partition coefficient (Wildman–Crippen LogP) is 2.07. The van der Waals surface area contributed by atoms with Gasteiger partial charge in [0.25, 0.3) is 0 Å². The van der Waals surface area contributed by atoms with Gasteiger partial charge in [-0.3, -0.25) is 0 Å². The minimum atomic E-state index is -0.314. The Balaban J connectivity index is 2.49. The Morgan fingerprint density at radius 1 is 1.50 bits per heavy atom. The third-order valence-electron chi connectivity index (χ3n) is 2.49. The molecule has 16 heavy (non-hydrogen) atoms. The summed E-state index contributed by atoms with van der Waals surface area (Å²) in [7, 11) is 0. The number of nitrogens with zero attached hydrogens (tertiary/aromatic N) is 2. The van der Waals surface area contributed by atoms with Crippen LogP contribution in [0.3, 0.4) is 0 Å². The standard InChI is InChI=1S/C12H14N2O2/c1-3-9-5-6-14-11(7-9)10(8-13-14)12(15)16-4-2/h5-8H,3-4H2,1-2H3. The van der Waals surface area contributed by atoms with Crippen LogP contribution in [0.15, 0.2) is 24.5 Å². The van der Waals surface area contributed by atoms with Crippen LogP contribution in [0.1, 0.15) is 29.8 Å². The zero-order valence-corrected chi connectivity index (χ0v) is 9.43. The lowest BCUT2D eigenvalue weighted by Gasteiger charge is -2.01. The van der Waals surface area contributed by atoms with Gasteiger partial charge in [-0.15, -0.1) is 0 Å². The van der Waals surface area contributed by atoms with Crippen molar-refractivity contribution in [3.05, 3.63) is 35.7 Å². The lowest BCUT2D eigenvalue weighted by atomic mass is 10.1. The smallest absolute Gasteiger partial charge is 0.341 e. The second-order valence-corrected chi connectivity index (χ2v) is 3.50. The lowest BCUT2D eigenvalue weighted by molar-refractivity contribution is 0.0528. The quantitative estimate of drug-likeness (QED) is 0.741. The number of aromatic nitrogens is 2. The molecule has 4 heteroatoms. The maximum atomic E-state index is 11.6. The summed E-state index contributed by atoms with van der Waals surface area (Å²) in [6, 6.07) is 3.97. The van der Waals surface area contributed by atoms with Gasteiger partial charge in [0, 0.05) is 6.20 Å². The van der Waals surface area contributed by atoms with E-state index in [4.69, 9.17) is 4.74 Å². The number of ether oxygens (including phenoxy) is 1. The fourth-order valence-corrected chi connectivity index (χ4v) is 1.61. The molecule has 0 aromatic carbocycles. The van der Waals surface area contributed by atoms with E-state index in [1.54, 1.807) is 17.6 Å². The van der Waals surface area contributed by atoms with Gasteiger partial charge in [-0.2, -0.15) is 5.10 Å². The van der Waals surface area contributed by atoms with Gasteiger partial charge in [0.05, 0.1) is 18.3 Å². The Morgan fingerprint density at radius 3 is 3.00 bits per heavy atom. The highest BCUT2D eigenvalue weighted by Crippen LogP contribution is 2.14. The third kappa shape index (κ3) is 1.78. The van der Waals surface area contributed by atoms with E-state index >= 15 is 0 Å². The normalized spacial score (nSPS) is 10.6. The van der Waals surface area contributed by atoms with Gasteiger partial charge in [0.2, 0.25) is 0 Å². The van der Waals surface area contributed by atoms with E-state index < -0.39 is 0 Å². The number of fused-ring (bicyclic) bond motifs is 1. The zero-order valence-electron chi connectivity index (χ0n) is 9.43. The number of pyridine rings is 1. The third-order valence-corrected chi connectivity index (χ3v) is 2.49. The summed E-state index contributed by atoms with van der Waals surface area (Å²) in [4.78, 5) is 11.6. The molecule has 0 bridgehead atoms. The van der Waals surface area contributed by atoms with E-state index in [0.717, 1.165) is 11.9 Å². The Bertz CT molecular complexity index is 517. The second-order valence-electron chi connectivity index (χ2n) is 3.50. The summed E-state index contributed by atoms with van der Waals surface area (Å²) in [6.07, 6.45) is 4.34. The van der Waals surface area contributed by atoms with Crippen molar-refractivity contribution in [3.63, 3.8) is 0 Å². The summed E-state index contributed by atoms with van der Waals surface area (Å²) >= 11 is 0. The molecule has 0 unspecified atom stereocenters. The maximum absolute atomic E-state index is 11.6. The Labute approximate surface area is 93.8 Å². The Hall–Kier alpha value is -1.84. The molecule has 0 radical (unpaired) electrons. The molecule has 0 fully saturated rings. The van der Waals surface area contributed by atoms with E-state index in [9.17, 15) is 4.79 Å². The first-order valence-corrected chi connectivity index (χ1v) is 5.39. The average molecular weight is 218 g/mol. The molecule has 4 nitrogen and oxygen atoms in total. The van der Waals surface area contributed by atoms with Crippen LogP contribution >= 0.6 is 0 Å². The van der Waals surface area contributed by atoms with Crippen molar-refractivity contribution in [2.24, 2.45) is 0 Å². The molecule has 0 saturated carbocycles. The molecule has 0 atom stereocenters. The van der Waals surface area contributed by atoms with Gasteiger partial charge in [-0.05, 0) is 31.0 Å². The van der Waals surface area contributed by atoms with Crippen molar-refractivity contribution in [2.45, 2.75) is 20.3 Å². The predicted molar refractivity (Wildman–Crippen MR) is 60.5 cm³/mol. The summed E-state index contributed by atoms with van der Waals surface area (Å²) in [5, 5.41) is 4.11. The van der Waals surface area contributed by atoms with Crippen LogP contribution in [-0.2, 0) is 11.2 Å². The van der Waals surface area contributed by atoms with Crippen molar-refractivity contribution in [3.8, 4) is 0 Å². The van der Waals surface area contributed by atoms with Crippen LogP contribution in [0.4, 0.5) is 0 Å². The molecule has 0 saturated heterocycles. The first-order valence-electron chi connectivity index (χ1n) is 5.39. The number of esters is 1. The van der Waals surface area contributed by atoms with Crippen LogP contribution in [0, 0.1) is 0 Å². The van der Waals surface area contributed by atoms with E-state index in [-0.39, 0.29) is 5.97 Å². The maximum Gasteiger partial charge on any atom is 0.341 e. The van der Waals surface area contributed by atoms with Crippen molar-refractivity contribution in [1.29, 1.82) is 0 Å². The van der Waals surface area contributed by atoms with Crippen LogP contribution < -0.4 is 0 Å². The molecule has 0 N–H and O–H groups in total. The van der Waals surface area contributed by atoms with Gasteiger partial charge in [-0.1, -0.05) is 6.92 Å². The van der Waals surface area contributed by atoms with Gasteiger partial charge >= 0.3 is 5.97 Å². The van der Waals surface area contributed by atoms with E-state index in [2.05, 4.69) is 12.0 Å². The van der Waals surface area contributed by atoms with Crippen molar-refractivity contribution >= 4 is 11.5 Å². The minimum Gasteiger partial charge on any atom is -0.462 e. The molecule has 2 heterocycles. The Kier molecular flexibility index (Phi) is 2.90. The summed E-state index contributed by atoms with van der Waals surface area (Å²) in [5.41, 5.74) is 2.51. The number of hydrogen-bond donors (Lipinski definition) is 0. The summed E-state index contributed by atoms with van der Waals surface area (Å²) < 4.78 is 6.66. The minimum absolute atomic E-state index is 0.314. The number of aryl methyl sites for hydroxylation is 1. The molecular weight excluding hydrogens is 204 g/mol. The largest absolute Gasteiger partial charge is 0.462 e. The first-order chi connectivity index (χ1) is 7.76. The molecule has 2 aromatic rings. The molecule has 0 spiro atoms. The SMILES string of the molecule is CCOC(=O)c1cnn2ccc(CC)cc12. The van der Waals surface area contributed by atoms with Gasteiger partial charge in [-0.25, -0.2) is 9.31 Å². The molecule has 2 rings (SSSR count). The topological polar surface area (TPSA) is 43.6 Å². The first kappa shape index (κ1) is 10.7. The fourth-order valence-electron chi connectivity index (χ4n) is 1.61. The van der Waals surface area contributed by atoms with Gasteiger partial charge < -0.3 is 4.74 Å². The van der Waals surface area contributed by atoms with Crippen LogP contribution in [0.5, 0.6) is 0 Å². The number of carbonyl (C=O) groups excluding carboxylic acids is 1. The monoisotopic (exact) mass is 218 g/mol. The van der Waals surface area contributed by atoms with Gasteiger partial charge in [0.1, 0.15) is 5.56 Å². The molecule has 84 valence electrons. The summed E-state index contributed by atoms with van der Waals surface area (Å²) in [5.74, 6) is -0.314. The highest BCUT2D eigenvalue weighted by molar-refractivity contribution is 5.96. The fraction of sp³-hybridized carbons (Fsp3) is 0.333. The molecular formula is C12H14N2O2. The summed E-state index contributed by atoms with van der Waals surface area (Å²) in [6.45, 7) is 4.25. The number of carbonyl (C=O) groups is 1. The molecule has 0 aliphatic heterocycles. The van der Waals surface area contributed by atoms with E-state index in [1.807, 2.05) is 18.3 Å². The highest BCUT2D eigenvalue weighted by atomic mass is 16.5. The van der Waals surface area contributed by atoms with Crippen molar-refractivity contribution in [1.82, 2.24) is 9.61 Å². The number of rotatable bonds is 3. The molecule has 0 aliphatic carbocycles. The van der Waals surface area contributed by atoms with E-state index in [1.165, 1.54) is 5.56 Å². The molecule has 0 amide bonds. The van der Waals surface area contributed by atoms with Crippen LogP contribution in [0.2, 0.25) is 0 Å². The average Bonchev–Trinajstić information content (AvgIpc) is 2.71. The number of hydrogen-bond acceptors (Lipinski definition) is 3. The zero-order chi connectivity index (χ0) is 11.5. The highest BCUT2D eigenvalue weighted by Gasteiger charge is 2.13. The second kappa shape index (κ2) is 4.35. The molecule has 2 aromatic heterocycles. The van der Waals surface area contributed by atoms with Crippen LogP contribution in [0.25, 0.3) is 5.52 Å². The Morgan fingerprint density at radius 2 is 2.31 bits per heavy atom. The van der Waals surface area contributed by atoms with Crippen LogP contribution in [-0.4, -0.2) is 22.2 Å². The van der Waals surface area contributed by atoms with Crippen molar-refractivity contribution in [2.75, 3.05) is 6.61 Å². The van der Waals surface area contributed by atoms with Crippen molar-refractivity contribution < 1.29 is 9.53 Å². The van der Waals surface area contributed by atoms with E-state index in [0.29, 0.717) is 12.2 Å².